The fraction of sp³-hybridized carbons (Fsp3) is 0.200. The molecule has 0 atom stereocenters. The molecule has 0 aliphatic rings. The average Bonchev–Trinajstić information content (AvgIpc) is 1.51. The third kappa shape index (κ3) is 14.5. The third-order valence-electron chi connectivity index (χ3n) is 27.7. The number of para-hydroxylation sites is 9. The van der Waals surface area contributed by atoms with E-state index in [4.69, 9.17) is 0 Å². The molecule has 6 aromatic heterocycles. The van der Waals surface area contributed by atoms with E-state index in [1.807, 2.05) is 0 Å². The fourth-order valence-corrected chi connectivity index (χ4v) is 21.7. The molecule has 6 heterocycles. The van der Waals surface area contributed by atoms with Crippen LogP contribution in [0.15, 0.2) is 364 Å². The van der Waals surface area contributed by atoms with Crippen LogP contribution < -0.4 is 14.7 Å². The lowest BCUT2D eigenvalue weighted by Gasteiger charge is -2.26. The monoisotopic (exact) mass is 1680 g/mol. The standard InChI is InChI=1S/C120H111N9/c1-4-7-10-13-16-43-76-121-109-79-91(124(85-46-25-19-26-47-85)94-64-70-100-97-58-37-40-61-106(97)127(112(100)82-94)88-52-31-22-32-53-88)67-73-103(109)115-118(121)116-104-74-68-92(125(86-48-27-20-28-49-86)95-65-71-101-98-59-38-41-62-107(98)128(113(101)83-95)89-54-33-23-34-55-89)80-110(104)122(77-44-17-14-11-8-5-2)120(116)117-105-75-69-93(81-111(105)123(119(115)117)78-45-18-15-12-9-6-3)126(87-50-29-21-30-51-87)96-66-72-102-99-60-39-42-63-108(99)129(114(102)84-96)90-56-35-24-36-57-90/h19-42,46-75,79-84H,4-18,43-45,76-78H2,1-3H3. The molecule has 16 aromatic carbocycles. The maximum Gasteiger partial charge on any atom is 0.0614 e. The lowest BCUT2D eigenvalue weighted by Crippen LogP contribution is -2.10. The van der Waals surface area contributed by atoms with Crippen molar-refractivity contribution in [3.05, 3.63) is 364 Å². The van der Waals surface area contributed by atoms with Gasteiger partial charge in [-0.1, -0.05) is 317 Å². The van der Waals surface area contributed by atoms with Gasteiger partial charge in [-0.2, -0.15) is 0 Å². The fourth-order valence-electron chi connectivity index (χ4n) is 21.7. The van der Waals surface area contributed by atoms with Crippen molar-refractivity contribution in [1.29, 1.82) is 0 Å². The predicted molar refractivity (Wildman–Crippen MR) is 553 cm³/mol. The Hall–Kier alpha value is -14.3. The number of aryl methyl sites for hydroxylation is 3. The molecule has 9 nitrogen and oxygen atoms in total. The molecule has 0 saturated carbocycles. The SMILES string of the molecule is CCCCCCCCn1c2cc(N(c3ccccc3)c3ccc4c5ccccc5n(-c5ccccc5)c4c3)ccc2c2c1c1c3ccc(N(c4ccccc4)c4ccc5c6ccccc6n(-c6ccccc6)c5c4)cc3n(CCCCCCCC)c1c1c3ccc(N(c4ccccc4)c4ccc5c6ccccc6n(-c6ccccc6)c5c4)cc3n(CCCCCCCC)c21. The number of aromatic nitrogens is 6. The summed E-state index contributed by atoms with van der Waals surface area (Å²) in [6, 6.07) is 137. The molecule has 0 amide bonds. The van der Waals surface area contributed by atoms with Crippen molar-refractivity contribution >= 4 is 182 Å². The number of rotatable bonds is 33. The molecule has 0 saturated heterocycles. The summed E-state index contributed by atoms with van der Waals surface area (Å²) in [7, 11) is 0. The topological polar surface area (TPSA) is 39.3 Å². The first-order chi connectivity index (χ1) is 64.0. The van der Waals surface area contributed by atoms with Crippen molar-refractivity contribution in [2.45, 2.75) is 156 Å². The molecular formula is C120H111N9. The largest absolute Gasteiger partial charge is 0.340 e. The normalized spacial score (nSPS) is 12.0. The van der Waals surface area contributed by atoms with E-state index in [1.165, 1.54) is 208 Å². The van der Waals surface area contributed by atoms with Gasteiger partial charge >= 0.3 is 0 Å². The molecule has 0 aliphatic carbocycles. The highest BCUT2D eigenvalue weighted by molar-refractivity contribution is 6.40. The molecule has 0 spiro atoms. The van der Waals surface area contributed by atoms with Crippen LogP contribution in [0.25, 0.3) is 148 Å². The maximum atomic E-state index is 2.86. The van der Waals surface area contributed by atoms with Crippen LogP contribution in [0.5, 0.6) is 0 Å². The molecule has 636 valence electrons. The maximum absolute atomic E-state index is 2.86. The lowest BCUT2D eigenvalue weighted by atomic mass is 10.0. The zero-order chi connectivity index (χ0) is 86.3. The van der Waals surface area contributed by atoms with Crippen molar-refractivity contribution in [1.82, 2.24) is 27.4 Å². The van der Waals surface area contributed by atoms with E-state index in [9.17, 15) is 0 Å². The Morgan fingerprint density at radius 2 is 0.380 bits per heavy atom. The van der Waals surface area contributed by atoms with Crippen LogP contribution >= 0.6 is 0 Å². The zero-order valence-electron chi connectivity index (χ0n) is 74.5. The van der Waals surface area contributed by atoms with Crippen LogP contribution in [-0.2, 0) is 19.6 Å². The number of unbranched alkanes of at least 4 members (excludes halogenated alkanes) is 15. The Morgan fingerprint density at radius 3 is 0.643 bits per heavy atom. The van der Waals surface area contributed by atoms with E-state index < -0.39 is 0 Å². The van der Waals surface area contributed by atoms with Gasteiger partial charge in [-0.05, 0) is 183 Å². The Bertz CT molecular complexity index is 7060. The average molecular weight is 1680 g/mol. The Morgan fingerprint density at radius 1 is 0.171 bits per heavy atom. The van der Waals surface area contributed by atoms with Gasteiger partial charge in [-0.25, -0.2) is 0 Å². The van der Waals surface area contributed by atoms with Crippen LogP contribution in [0.3, 0.4) is 0 Å². The van der Waals surface area contributed by atoms with Gasteiger partial charge in [-0.3, -0.25) is 0 Å². The molecule has 0 bridgehead atoms. The van der Waals surface area contributed by atoms with Gasteiger partial charge in [-0.15, -0.1) is 0 Å². The number of anilines is 9. The minimum atomic E-state index is 0.859. The van der Waals surface area contributed by atoms with Gasteiger partial charge in [0.2, 0.25) is 0 Å². The van der Waals surface area contributed by atoms with Crippen LogP contribution in [0.4, 0.5) is 51.2 Å². The highest BCUT2D eigenvalue weighted by Crippen LogP contribution is 2.53. The molecule has 0 fully saturated rings. The van der Waals surface area contributed by atoms with E-state index in [1.54, 1.807) is 0 Å². The molecule has 0 aliphatic heterocycles. The molecule has 0 radical (unpaired) electrons. The summed E-state index contributed by atoms with van der Waals surface area (Å²) in [6.07, 6.45) is 21.3. The van der Waals surface area contributed by atoms with E-state index in [2.05, 4.69) is 427 Å². The number of benzene rings is 16. The summed E-state index contributed by atoms with van der Waals surface area (Å²) in [5.41, 5.74) is 28.3. The third-order valence-corrected chi connectivity index (χ3v) is 27.7. The first-order valence-electron chi connectivity index (χ1n) is 47.8. The molecule has 129 heavy (non-hydrogen) atoms. The highest BCUT2D eigenvalue weighted by atomic mass is 15.2. The number of fused-ring (bicyclic) bond motifs is 21. The second-order valence-corrected chi connectivity index (χ2v) is 35.7. The Kier molecular flexibility index (Phi) is 22.2. The summed E-state index contributed by atoms with van der Waals surface area (Å²) in [5, 5.41) is 15.3. The van der Waals surface area contributed by atoms with Gasteiger partial charge in [0, 0.05) is 153 Å². The van der Waals surface area contributed by atoms with Crippen LogP contribution in [-0.4, -0.2) is 27.4 Å². The second kappa shape index (κ2) is 35.5. The van der Waals surface area contributed by atoms with Crippen molar-refractivity contribution in [3.8, 4) is 17.1 Å². The van der Waals surface area contributed by atoms with Crippen molar-refractivity contribution in [2.75, 3.05) is 14.7 Å². The molecule has 22 rings (SSSR count). The summed E-state index contributed by atoms with van der Waals surface area (Å²) in [4.78, 5) is 7.59. The smallest absolute Gasteiger partial charge is 0.0614 e. The van der Waals surface area contributed by atoms with Crippen LogP contribution in [0, 0.1) is 0 Å². The first kappa shape index (κ1) is 80.5. The first-order valence-corrected chi connectivity index (χ1v) is 47.8. The molecule has 9 heteroatoms. The number of hydrogen-bond donors (Lipinski definition) is 0. The van der Waals surface area contributed by atoms with E-state index in [0.717, 1.165) is 126 Å². The lowest BCUT2D eigenvalue weighted by molar-refractivity contribution is 0.570. The number of nitrogens with zero attached hydrogens (tertiary/aromatic N) is 9. The highest BCUT2D eigenvalue weighted by Gasteiger charge is 2.32. The van der Waals surface area contributed by atoms with Crippen LogP contribution in [0.1, 0.15) is 136 Å². The van der Waals surface area contributed by atoms with Crippen molar-refractivity contribution in [2.24, 2.45) is 0 Å². The minimum Gasteiger partial charge on any atom is -0.340 e. The van der Waals surface area contributed by atoms with Gasteiger partial charge in [0.05, 0.1) is 66.2 Å². The Balaban J connectivity index is 0.848. The van der Waals surface area contributed by atoms with Crippen LogP contribution in [0.2, 0.25) is 0 Å². The molecule has 22 aromatic rings. The quantitative estimate of drug-likeness (QED) is 0.0385. The summed E-state index contributed by atoms with van der Waals surface area (Å²) in [5.74, 6) is 0. The van der Waals surface area contributed by atoms with E-state index in [0.29, 0.717) is 0 Å². The van der Waals surface area contributed by atoms with Gasteiger partial charge in [0.25, 0.3) is 0 Å². The minimum absolute atomic E-state index is 0.859. The van der Waals surface area contributed by atoms with Gasteiger partial charge < -0.3 is 42.1 Å². The zero-order valence-corrected chi connectivity index (χ0v) is 74.5. The van der Waals surface area contributed by atoms with Gasteiger partial charge in [0.15, 0.2) is 0 Å². The second-order valence-electron chi connectivity index (χ2n) is 35.7. The summed E-state index contributed by atoms with van der Waals surface area (Å²) >= 11 is 0. The van der Waals surface area contributed by atoms with E-state index >= 15 is 0 Å². The number of hydrogen-bond acceptors (Lipinski definition) is 3. The Labute approximate surface area is 756 Å². The molecule has 0 N–H and O–H groups in total. The van der Waals surface area contributed by atoms with E-state index in [-0.39, 0.29) is 0 Å². The molecular weight excluding hydrogens is 1570 g/mol. The molecule has 0 unspecified atom stereocenters. The summed E-state index contributed by atoms with van der Waals surface area (Å²) < 4.78 is 16.0. The van der Waals surface area contributed by atoms with Gasteiger partial charge in [0.1, 0.15) is 0 Å². The van der Waals surface area contributed by atoms with Crippen molar-refractivity contribution in [3.63, 3.8) is 0 Å². The van der Waals surface area contributed by atoms with Crippen molar-refractivity contribution < 1.29 is 0 Å². The predicted octanol–water partition coefficient (Wildman–Crippen LogP) is 34.8. The summed E-state index contributed by atoms with van der Waals surface area (Å²) in [6.45, 7) is 9.61.